The van der Waals surface area contributed by atoms with Gasteiger partial charge in [0.15, 0.2) is 0 Å². The molecule has 0 radical (unpaired) electrons. The van der Waals surface area contributed by atoms with Crippen LogP contribution in [0.15, 0.2) is 42.6 Å². The second kappa shape index (κ2) is 8.30. The number of amides is 1. The molecule has 1 aromatic heterocycles. The van der Waals surface area contributed by atoms with Crippen molar-refractivity contribution in [2.45, 2.75) is 44.6 Å². The first kappa shape index (κ1) is 17.7. The predicted octanol–water partition coefficient (Wildman–Crippen LogP) is 2.78. The molecule has 1 aliphatic heterocycles. The summed E-state index contributed by atoms with van der Waals surface area (Å²) in [6.07, 6.45) is 4.53. The fourth-order valence-electron chi connectivity index (χ4n) is 3.83. The van der Waals surface area contributed by atoms with E-state index in [0.717, 1.165) is 37.9 Å². The van der Waals surface area contributed by atoms with Gasteiger partial charge in [-0.3, -0.25) is 9.48 Å². The van der Waals surface area contributed by atoms with Crippen LogP contribution in [0.5, 0.6) is 0 Å². The van der Waals surface area contributed by atoms with Gasteiger partial charge in [0.1, 0.15) is 0 Å². The number of carbonyl (C=O) groups is 1. The summed E-state index contributed by atoms with van der Waals surface area (Å²) in [6.45, 7) is 4.29. The Bertz CT molecular complexity index is 675. The van der Waals surface area contributed by atoms with Crippen molar-refractivity contribution >= 4 is 5.91 Å². The molecule has 3 rings (SSSR count). The highest BCUT2D eigenvalue weighted by Crippen LogP contribution is 2.30. The van der Waals surface area contributed by atoms with Gasteiger partial charge in [0, 0.05) is 30.9 Å². The molecule has 2 heterocycles. The molecule has 1 unspecified atom stereocenters. The number of nitrogens with zero attached hydrogens (tertiary/aromatic N) is 3. The standard InChI is InChI=1S/C20H27N3O2/c1-2-18(16-6-4-3-5-7-16)20(25)22-12-9-17(10-13-22)19-8-11-21-23(19)14-15-24/h3-8,11,17-18,24H,2,9-10,12-15H2,1H3. The molecule has 0 aliphatic carbocycles. The van der Waals surface area contributed by atoms with Gasteiger partial charge in [-0.1, -0.05) is 37.3 Å². The zero-order chi connectivity index (χ0) is 17.6. The number of benzene rings is 1. The van der Waals surface area contributed by atoms with Gasteiger partial charge in [-0.05, 0) is 30.9 Å². The van der Waals surface area contributed by atoms with Gasteiger partial charge in [0.05, 0.1) is 19.1 Å². The average molecular weight is 341 g/mol. The maximum Gasteiger partial charge on any atom is 0.230 e. The van der Waals surface area contributed by atoms with Crippen LogP contribution >= 0.6 is 0 Å². The minimum atomic E-state index is -0.0438. The molecule has 0 spiro atoms. The van der Waals surface area contributed by atoms with E-state index in [1.165, 1.54) is 5.69 Å². The van der Waals surface area contributed by atoms with Gasteiger partial charge in [0.25, 0.3) is 0 Å². The summed E-state index contributed by atoms with van der Waals surface area (Å²) in [5, 5.41) is 13.5. The van der Waals surface area contributed by atoms with Crippen LogP contribution in [0.4, 0.5) is 0 Å². The number of rotatable bonds is 6. The lowest BCUT2D eigenvalue weighted by Gasteiger charge is -2.34. The first-order valence-electron chi connectivity index (χ1n) is 9.21. The van der Waals surface area contributed by atoms with E-state index >= 15 is 0 Å². The second-order valence-corrected chi connectivity index (χ2v) is 6.67. The summed E-state index contributed by atoms with van der Waals surface area (Å²) in [4.78, 5) is 15.0. The van der Waals surface area contributed by atoms with Gasteiger partial charge in [0.2, 0.25) is 5.91 Å². The average Bonchev–Trinajstić information content (AvgIpc) is 3.12. The molecule has 1 amide bonds. The van der Waals surface area contributed by atoms with Gasteiger partial charge in [-0.25, -0.2) is 0 Å². The van der Waals surface area contributed by atoms with Crippen LogP contribution in [-0.4, -0.2) is 45.4 Å². The number of likely N-dealkylation sites (tertiary alicyclic amines) is 1. The van der Waals surface area contributed by atoms with E-state index in [1.807, 2.05) is 46.0 Å². The molecule has 1 fully saturated rings. The van der Waals surface area contributed by atoms with Crippen LogP contribution in [0.25, 0.3) is 0 Å². The monoisotopic (exact) mass is 341 g/mol. The highest BCUT2D eigenvalue weighted by molar-refractivity contribution is 5.83. The van der Waals surface area contributed by atoms with Crippen LogP contribution in [0.1, 0.15) is 49.3 Å². The smallest absolute Gasteiger partial charge is 0.230 e. The van der Waals surface area contributed by atoms with E-state index in [0.29, 0.717) is 12.5 Å². The minimum Gasteiger partial charge on any atom is -0.394 e. The summed E-state index contributed by atoms with van der Waals surface area (Å²) in [5.74, 6) is 0.614. The topological polar surface area (TPSA) is 58.4 Å². The Balaban J connectivity index is 1.63. The number of piperidine rings is 1. The quantitative estimate of drug-likeness (QED) is 0.879. The third kappa shape index (κ3) is 3.93. The summed E-state index contributed by atoms with van der Waals surface area (Å²) < 4.78 is 1.89. The van der Waals surface area contributed by atoms with Gasteiger partial charge >= 0.3 is 0 Å². The Labute approximate surface area is 149 Å². The van der Waals surface area contributed by atoms with Crippen LogP contribution in [-0.2, 0) is 11.3 Å². The Morgan fingerprint density at radius 2 is 1.96 bits per heavy atom. The summed E-state index contributed by atoms with van der Waals surface area (Å²) >= 11 is 0. The van der Waals surface area contributed by atoms with E-state index in [9.17, 15) is 4.79 Å². The van der Waals surface area contributed by atoms with Crippen LogP contribution in [0.3, 0.4) is 0 Å². The number of hydrogen-bond donors (Lipinski definition) is 1. The van der Waals surface area contributed by atoms with Gasteiger partial charge < -0.3 is 10.0 Å². The second-order valence-electron chi connectivity index (χ2n) is 6.67. The maximum atomic E-state index is 13.0. The fourth-order valence-corrected chi connectivity index (χ4v) is 3.83. The van der Waals surface area contributed by atoms with Crippen molar-refractivity contribution in [2.75, 3.05) is 19.7 Å². The lowest BCUT2D eigenvalue weighted by Crippen LogP contribution is -2.40. The highest BCUT2D eigenvalue weighted by atomic mass is 16.3. The molecule has 1 atom stereocenters. The van der Waals surface area contributed by atoms with Crippen molar-refractivity contribution in [1.82, 2.24) is 14.7 Å². The summed E-state index contributed by atoms with van der Waals surface area (Å²) in [6, 6.07) is 12.1. The van der Waals surface area contributed by atoms with E-state index in [2.05, 4.69) is 12.0 Å². The molecule has 5 nitrogen and oxygen atoms in total. The molecule has 5 heteroatoms. The first-order valence-corrected chi connectivity index (χ1v) is 9.21. The lowest BCUT2D eigenvalue weighted by atomic mass is 9.90. The molecule has 2 aromatic rings. The van der Waals surface area contributed by atoms with Crippen molar-refractivity contribution in [1.29, 1.82) is 0 Å². The van der Waals surface area contributed by atoms with E-state index < -0.39 is 0 Å². The summed E-state index contributed by atoms with van der Waals surface area (Å²) in [7, 11) is 0. The molecule has 0 bridgehead atoms. The number of hydrogen-bond acceptors (Lipinski definition) is 3. The Hall–Kier alpha value is -2.14. The molecule has 0 saturated carbocycles. The molecule has 1 saturated heterocycles. The van der Waals surface area contributed by atoms with Crippen molar-refractivity contribution < 1.29 is 9.90 Å². The predicted molar refractivity (Wildman–Crippen MR) is 97.3 cm³/mol. The summed E-state index contributed by atoms with van der Waals surface area (Å²) in [5.41, 5.74) is 2.29. The molecule has 1 aliphatic rings. The minimum absolute atomic E-state index is 0.0438. The number of aliphatic hydroxyl groups is 1. The zero-order valence-corrected chi connectivity index (χ0v) is 14.8. The normalized spacial score (nSPS) is 16.8. The number of aliphatic hydroxyl groups excluding tert-OH is 1. The molecule has 1 aromatic carbocycles. The van der Waals surface area contributed by atoms with Crippen LogP contribution in [0.2, 0.25) is 0 Å². The maximum absolute atomic E-state index is 13.0. The van der Waals surface area contributed by atoms with Crippen LogP contribution < -0.4 is 0 Å². The molecule has 134 valence electrons. The zero-order valence-electron chi connectivity index (χ0n) is 14.8. The number of carbonyl (C=O) groups excluding carboxylic acids is 1. The third-order valence-electron chi connectivity index (χ3n) is 5.19. The van der Waals surface area contributed by atoms with Crippen LogP contribution in [0, 0.1) is 0 Å². The third-order valence-corrected chi connectivity index (χ3v) is 5.19. The largest absolute Gasteiger partial charge is 0.394 e. The van der Waals surface area contributed by atoms with Gasteiger partial charge in [-0.15, -0.1) is 0 Å². The van der Waals surface area contributed by atoms with Gasteiger partial charge in [-0.2, -0.15) is 5.10 Å². The van der Waals surface area contributed by atoms with Crippen molar-refractivity contribution in [3.05, 3.63) is 53.9 Å². The SMILES string of the molecule is CCC(C(=O)N1CCC(c2ccnn2CCO)CC1)c1ccccc1. The highest BCUT2D eigenvalue weighted by Gasteiger charge is 2.29. The number of aromatic nitrogens is 2. The Morgan fingerprint density at radius 1 is 1.24 bits per heavy atom. The Morgan fingerprint density at radius 3 is 2.60 bits per heavy atom. The van der Waals surface area contributed by atoms with Crippen molar-refractivity contribution in [2.24, 2.45) is 0 Å². The molecular formula is C20H27N3O2. The van der Waals surface area contributed by atoms with Crippen molar-refractivity contribution in [3.8, 4) is 0 Å². The molecule has 25 heavy (non-hydrogen) atoms. The Kier molecular flexibility index (Phi) is 5.87. The van der Waals surface area contributed by atoms with Crippen molar-refractivity contribution in [3.63, 3.8) is 0 Å². The van der Waals surface area contributed by atoms with E-state index in [1.54, 1.807) is 6.20 Å². The van der Waals surface area contributed by atoms with E-state index in [4.69, 9.17) is 5.11 Å². The van der Waals surface area contributed by atoms with E-state index in [-0.39, 0.29) is 18.4 Å². The first-order chi connectivity index (χ1) is 12.2. The molecule has 1 N–H and O–H groups in total. The fraction of sp³-hybridized carbons (Fsp3) is 0.500. The lowest BCUT2D eigenvalue weighted by molar-refractivity contribution is -0.134. The molecular weight excluding hydrogens is 314 g/mol.